The Morgan fingerprint density at radius 1 is 0.926 bits per heavy atom. The van der Waals surface area contributed by atoms with Crippen molar-refractivity contribution in [2.75, 3.05) is 13.1 Å². The molecule has 0 unspecified atom stereocenters. The van der Waals surface area contributed by atoms with Crippen LogP contribution in [-0.2, 0) is 6.42 Å². The van der Waals surface area contributed by atoms with Gasteiger partial charge in [-0.2, -0.15) is 0 Å². The van der Waals surface area contributed by atoms with Crippen molar-refractivity contribution in [3.05, 3.63) is 52.1 Å². The van der Waals surface area contributed by atoms with Crippen LogP contribution in [0.3, 0.4) is 0 Å². The molecule has 4 heteroatoms. The zero-order valence-corrected chi connectivity index (χ0v) is 17.6. The van der Waals surface area contributed by atoms with Crippen molar-refractivity contribution in [1.29, 1.82) is 0 Å². The molecule has 1 N–H and O–H groups in total. The van der Waals surface area contributed by atoms with E-state index in [9.17, 15) is 0 Å². The molecule has 144 valence electrons. The van der Waals surface area contributed by atoms with Gasteiger partial charge in [0.15, 0.2) is 0 Å². The van der Waals surface area contributed by atoms with Crippen LogP contribution in [0.4, 0.5) is 0 Å². The fourth-order valence-corrected chi connectivity index (χ4v) is 4.05. The Morgan fingerprint density at radius 2 is 1.63 bits per heavy atom. The van der Waals surface area contributed by atoms with Gasteiger partial charge in [-0.25, -0.2) is 9.97 Å². The molecule has 3 aromatic rings. The SMILES string of the molecule is CCCCNCCc1nc(C)nc2c1c(C)cn2-c1c(C)cc(C)cc1C. The summed E-state index contributed by atoms with van der Waals surface area (Å²) in [5, 5.41) is 4.74. The van der Waals surface area contributed by atoms with Gasteiger partial charge >= 0.3 is 0 Å². The van der Waals surface area contributed by atoms with Gasteiger partial charge in [0.05, 0.1) is 11.4 Å². The minimum absolute atomic E-state index is 0.841. The third kappa shape index (κ3) is 4.06. The number of nitrogens with zero attached hydrogens (tertiary/aromatic N) is 3. The second kappa shape index (κ2) is 8.22. The zero-order valence-electron chi connectivity index (χ0n) is 17.6. The van der Waals surface area contributed by atoms with Gasteiger partial charge in [-0.15, -0.1) is 0 Å². The first-order valence-electron chi connectivity index (χ1n) is 10.1. The van der Waals surface area contributed by atoms with E-state index in [1.54, 1.807) is 0 Å². The number of benzene rings is 1. The van der Waals surface area contributed by atoms with Crippen LogP contribution >= 0.6 is 0 Å². The normalized spacial score (nSPS) is 11.5. The minimum atomic E-state index is 0.841. The summed E-state index contributed by atoms with van der Waals surface area (Å²) in [6.45, 7) is 14.9. The van der Waals surface area contributed by atoms with Crippen LogP contribution in [-0.4, -0.2) is 27.6 Å². The molecule has 0 aliphatic heterocycles. The van der Waals surface area contributed by atoms with E-state index in [1.807, 2.05) is 6.92 Å². The summed E-state index contributed by atoms with van der Waals surface area (Å²) in [6, 6.07) is 4.49. The van der Waals surface area contributed by atoms with E-state index >= 15 is 0 Å². The van der Waals surface area contributed by atoms with Gasteiger partial charge in [-0.1, -0.05) is 31.0 Å². The largest absolute Gasteiger partial charge is 0.316 e. The van der Waals surface area contributed by atoms with Crippen LogP contribution in [0.25, 0.3) is 16.7 Å². The molecular formula is C23H32N4. The highest BCUT2D eigenvalue weighted by Gasteiger charge is 2.17. The molecule has 3 rings (SSSR count). The van der Waals surface area contributed by atoms with Gasteiger partial charge in [0.2, 0.25) is 0 Å². The van der Waals surface area contributed by atoms with E-state index in [1.165, 1.54) is 46.2 Å². The molecule has 0 aliphatic rings. The molecule has 0 atom stereocenters. The van der Waals surface area contributed by atoms with E-state index in [0.29, 0.717) is 0 Å². The van der Waals surface area contributed by atoms with Gasteiger partial charge < -0.3 is 9.88 Å². The number of rotatable bonds is 7. The molecule has 0 saturated heterocycles. The lowest BCUT2D eigenvalue weighted by atomic mass is 10.1. The highest BCUT2D eigenvalue weighted by molar-refractivity contribution is 5.85. The number of unbranched alkanes of at least 4 members (excludes halogenated alkanes) is 1. The third-order valence-electron chi connectivity index (χ3n) is 5.14. The highest BCUT2D eigenvalue weighted by atomic mass is 15.1. The van der Waals surface area contributed by atoms with Crippen LogP contribution in [0.1, 0.15) is 53.5 Å². The fraction of sp³-hybridized carbons (Fsp3) is 0.478. The predicted octanol–water partition coefficient (Wildman–Crippen LogP) is 4.89. The van der Waals surface area contributed by atoms with Crippen molar-refractivity contribution in [2.24, 2.45) is 0 Å². The maximum atomic E-state index is 4.83. The van der Waals surface area contributed by atoms with Gasteiger partial charge in [0.1, 0.15) is 11.5 Å². The highest BCUT2D eigenvalue weighted by Crippen LogP contribution is 2.29. The summed E-state index contributed by atoms with van der Waals surface area (Å²) in [7, 11) is 0. The molecule has 0 aliphatic carbocycles. The number of hydrogen-bond donors (Lipinski definition) is 1. The van der Waals surface area contributed by atoms with Gasteiger partial charge in [-0.3, -0.25) is 0 Å². The van der Waals surface area contributed by atoms with E-state index < -0.39 is 0 Å². The van der Waals surface area contributed by atoms with Gasteiger partial charge in [0, 0.05) is 24.5 Å². The van der Waals surface area contributed by atoms with Crippen molar-refractivity contribution < 1.29 is 0 Å². The lowest BCUT2D eigenvalue weighted by molar-refractivity contribution is 0.636. The number of fused-ring (bicyclic) bond motifs is 1. The molecule has 4 nitrogen and oxygen atoms in total. The maximum absolute atomic E-state index is 4.83. The molecule has 0 radical (unpaired) electrons. The molecule has 0 fully saturated rings. The Morgan fingerprint density at radius 3 is 2.30 bits per heavy atom. The van der Waals surface area contributed by atoms with Crippen LogP contribution in [0.5, 0.6) is 0 Å². The second-order valence-electron chi connectivity index (χ2n) is 7.70. The van der Waals surface area contributed by atoms with Crippen LogP contribution in [0, 0.1) is 34.6 Å². The number of nitrogens with one attached hydrogen (secondary N) is 1. The van der Waals surface area contributed by atoms with Gasteiger partial charge in [-0.05, 0) is 64.3 Å². The number of aromatic nitrogens is 3. The smallest absolute Gasteiger partial charge is 0.148 e. The molecule has 2 aromatic heterocycles. The topological polar surface area (TPSA) is 42.7 Å². The molecule has 0 bridgehead atoms. The zero-order chi connectivity index (χ0) is 19.6. The summed E-state index contributed by atoms with van der Waals surface area (Å²) in [6.07, 6.45) is 5.60. The lowest BCUT2D eigenvalue weighted by Crippen LogP contribution is -2.19. The monoisotopic (exact) mass is 364 g/mol. The van der Waals surface area contributed by atoms with Crippen molar-refractivity contribution >= 4 is 11.0 Å². The lowest BCUT2D eigenvalue weighted by Gasteiger charge is -2.14. The second-order valence-corrected chi connectivity index (χ2v) is 7.70. The van der Waals surface area contributed by atoms with Crippen LogP contribution in [0.15, 0.2) is 18.3 Å². The van der Waals surface area contributed by atoms with E-state index in [-0.39, 0.29) is 0 Å². The summed E-state index contributed by atoms with van der Waals surface area (Å²) in [4.78, 5) is 9.61. The van der Waals surface area contributed by atoms with E-state index in [0.717, 1.165) is 36.7 Å². The van der Waals surface area contributed by atoms with Crippen molar-refractivity contribution in [3.8, 4) is 5.69 Å². The Balaban J connectivity index is 2.05. The maximum Gasteiger partial charge on any atom is 0.148 e. The van der Waals surface area contributed by atoms with Crippen molar-refractivity contribution in [3.63, 3.8) is 0 Å². The molecular weight excluding hydrogens is 332 g/mol. The molecule has 27 heavy (non-hydrogen) atoms. The summed E-state index contributed by atoms with van der Waals surface area (Å²) >= 11 is 0. The molecule has 2 heterocycles. The minimum Gasteiger partial charge on any atom is -0.316 e. The first kappa shape index (κ1) is 19.6. The Hall–Kier alpha value is -2.20. The number of hydrogen-bond acceptors (Lipinski definition) is 3. The van der Waals surface area contributed by atoms with Crippen LogP contribution < -0.4 is 5.32 Å². The summed E-state index contributed by atoms with van der Waals surface area (Å²) in [5.41, 5.74) is 8.52. The molecule has 0 spiro atoms. The van der Waals surface area contributed by atoms with Crippen LogP contribution in [0.2, 0.25) is 0 Å². The van der Waals surface area contributed by atoms with Crippen molar-refractivity contribution in [1.82, 2.24) is 19.9 Å². The Labute approximate surface area is 163 Å². The molecule has 0 amide bonds. The quantitative estimate of drug-likeness (QED) is 0.607. The third-order valence-corrected chi connectivity index (χ3v) is 5.14. The first-order valence-corrected chi connectivity index (χ1v) is 10.1. The Kier molecular flexibility index (Phi) is 5.95. The average molecular weight is 365 g/mol. The van der Waals surface area contributed by atoms with E-state index in [4.69, 9.17) is 9.97 Å². The average Bonchev–Trinajstić information content (AvgIpc) is 2.90. The predicted molar refractivity (Wildman–Crippen MR) is 114 cm³/mol. The first-order chi connectivity index (χ1) is 12.9. The van der Waals surface area contributed by atoms with Gasteiger partial charge in [0.25, 0.3) is 0 Å². The molecule has 0 saturated carbocycles. The summed E-state index contributed by atoms with van der Waals surface area (Å²) < 4.78 is 2.26. The standard InChI is InChI=1S/C23H32N4/c1-7-8-10-24-11-9-20-21-18(5)14-27(23(21)26-19(6)25-20)22-16(3)12-15(2)13-17(22)4/h12-14,24H,7-11H2,1-6H3. The number of aryl methyl sites for hydroxylation is 5. The fourth-order valence-electron chi connectivity index (χ4n) is 4.05. The summed E-state index contributed by atoms with van der Waals surface area (Å²) in [5.74, 6) is 0.841. The Bertz CT molecular complexity index is 930. The van der Waals surface area contributed by atoms with E-state index in [2.05, 4.69) is 62.8 Å². The molecule has 1 aromatic carbocycles. The van der Waals surface area contributed by atoms with Crippen molar-refractivity contribution in [2.45, 2.75) is 60.8 Å².